The van der Waals surface area contributed by atoms with E-state index in [4.69, 9.17) is 0 Å². The first-order valence-corrected chi connectivity index (χ1v) is 14.1. The Morgan fingerprint density at radius 2 is 1.74 bits per heavy atom. The lowest BCUT2D eigenvalue weighted by Crippen LogP contribution is -2.49. The highest BCUT2D eigenvalue weighted by Gasteiger charge is 2.38. The standard InChI is InChI=1S/C25H38N4O4S/c1-19(30)29-23-12-11-22(34(32,33)28-14-7-4-8-15-28)17-20(23)18-24(29)25(31)26-13-16-27(2)21-9-5-3-6-10-21/h11-12,17,21,24H,3-10,13-16,18H2,1-2H3,(H,26,31). The van der Waals surface area contributed by atoms with E-state index >= 15 is 0 Å². The fourth-order valence-electron chi connectivity index (χ4n) is 5.62. The molecule has 0 aromatic heterocycles. The molecule has 0 radical (unpaired) electrons. The van der Waals surface area contributed by atoms with Crippen LogP contribution in [-0.2, 0) is 26.0 Å². The van der Waals surface area contributed by atoms with Crippen molar-refractivity contribution in [3.63, 3.8) is 0 Å². The van der Waals surface area contributed by atoms with E-state index in [2.05, 4.69) is 17.3 Å². The maximum atomic E-state index is 13.1. The van der Waals surface area contributed by atoms with Gasteiger partial charge in [0, 0.05) is 51.3 Å². The first kappa shape index (κ1) is 25.1. The minimum atomic E-state index is -3.57. The number of carbonyl (C=O) groups excluding carboxylic acids is 2. The summed E-state index contributed by atoms with van der Waals surface area (Å²) in [7, 11) is -1.46. The zero-order valence-electron chi connectivity index (χ0n) is 20.5. The Labute approximate surface area is 203 Å². The number of nitrogens with one attached hydrogen (secondary N) is 1. The van der Waals surface area contributed by atoms with Gasteiger partial charge in [-0.3, -0.25) is 14.5 Å². The number of benzene rings is 1. The van der Waals surface area contributed by atoms with Crippen molar-refractivity contribution in [1.29, 1.82) is 0 Å². The predicted molar refractivity (Wildman–Crippen MR) is 132 cm³/mol. The van der Waals surface area contributed by atoms with Gasteiger partial charge in [0.2, 0.25) is 21.8 Å². The van der Waals surface area contributed by atoms with Crippen molar-refractivity contribution in [2.75, 3.05) is 38.1 Å². The van der Waals surface area contributed by atoms with Crippen molar-refractivity contribution in [3.8, 4) is 0 Å². The van der Waals surface area contributed by atoms with Crippen molar-refractivity contribution in [2.24, 2.45) is 0 Å². The third-order valence-corrected chi connectivity index (χ3v) is 9.49. The van der Waals surface area contributed by atoms with Crippen LogP contribution in [0.5, 0.6) is 0 Å². The summed E-state index contributed by atoms with van der Waals surface area (Å²) in [4.78, 5) is 29.6. The van der Waals surface area contributed by atoms with Crippen LogP contribution in [0.1, 0.15) is 63.9 Å². The zero-order chi connectivity index (χ0) is 24.3. The second-order valence-corrected chi connectivity index (χ2v) is 11.9. The molecule has 2 fully saturated rings. The molecule has 2 aliphatic heterocycles. The summed E-state index contributed by atoms with van der Waals surface area (Å²) in [5.74, 6) is -0.409. The number of fused-ring (bicyclic) bond motifs is 1. The smallest absolute Gasteiger partial charge is 0.243 e. The number of sulfonamides is 1. The topological polar surface area (TPSA) is 90.0 Å². The normalized spacial score (nSPS) is 22.1. The van der Waals surface area contributed by atoms with Crippen LogP contribution in [-0.4, -0.2) is 74.7 Å². The minimum absolute atomic E-state index is 0.191. The molecule has 1 atom stereocenters. The van der Waals surface area contributed by atoms with Gasteiger partial charge in [0.05, 0.1) is 4.90 Å². The Hall–Kier alpha value is -1.97. The van der Waals surface area contributed by atoms with Gasteiger partial charge >= 0.3 is 0 Å². The highest BCUT2D eigenvalue weighted by atomic mass is 32.2. The molecule has 34 heavy (non-hydrogen) atoms. The number of amides is 2. The molecule has 1 saturated carbocycles. The van der Waals surface area contributed by atoms with Crippen molar-refractivity contribution < 1.29 is 18.0 Å². The second kappa shape index (κ2) is 10.7. The summed E-state index contributed by atoms with van der Waals surface area (Å²) >= 11 is 0. The summed E-state index contributed by atoms with van der Waals surface area (Å²) in [5.41, 5.74) is 1.36. The third-order valence-electron chi connectivity index (χ3n) is 7.59. The molecule has 1 N–H and O–H groups in total. The van der Waals surface area contributed by atoms with Gasteiger partial charge in [0.15, 0.2) is 0 Å². The number of rotatable bonds is 7. The molecule has 1 aliphatic carbocycles. The maximum Gasteiger partial charge on any atom is 0.243 e. The van der Waals surface area contributed by atoms with Gasteiger partial charge in [-0.1, -0.05) is 25.7 Å². The van der Waals surface area contributed by atoms with E-state index in [1.165, 1.54) is 43.9 Å². The number of carbonyl (C=O) groups is 2. The molecule has 1 aromatic rings. The van der Waals surface area contributed by atoms with Crippen LogP contribution in [0.15, 0.2) is 23.1 Å². The average molecular weight is 491 g/mol. The quantitative estimate of drug-likeness (QED) is 0.634. The lowest BCUT2D eigenvalue weighted by Gasteiger charge is -2.31. The van der Waals surface area contributed by atoms with Gasteiger partial charge in [-0.05, 0) is 56.5 Å². The second-order valence-electron chi connectivity index (χ2n) is 9.93. The van der Waals surface area contributed by atoms with Crippen molar-refractivity contribution in [1.82, 2.24) is 14.5 Å². The average Bonchev–Trinajstić information content (AvgIpc) is 3.24. The van der Waals surface area contributed by atoms with Gasteiger partial charge in [-0.2, -0.15) is 4.31 Å². The lowest BCUT2D eigenvalue weighted by molar-refractivity contribution is -0.125. The molecule has 2 amide bonds. The van der Waals surface area contributed by atoms with E-state index < -0.39 is 16.1 Å². The number of hydrogen-bond donors (Lipinski definition) is 1. The minimum Gasteiger partial charge on any atom is -0.353 e. The summed E-state index contributed by atoms with van der Waals surface area (Å²) in [5, 5.41) is 3.01. The molecular formula is C25H38N4O4S. The Kier molecular flexibility index (Phi) is 7.94. The van der Waals surface area contributed by atoms with Gasteiger partial charge < -0.3 is 10.2 Å². The van der Waals surface area contributed by atoms with Crippen LogP contribution in [0.4, 0.5) is 5.69 Å². The molecule has 0 spiro atoms. The number of anilines is 1. The number of hydrogen-bond acceptors (Lipinski definition) is 5. The zero-order valence-corrected chi connectivity index (χ0v) is 21.3. The molecule has 3 aliphatic rings. The first-order valence-electron chi connectivity index (χ1n) is 12.7. The predicted octanol–water partition coefficient (Wildman–Crippen LogP) is 2.52. The Morgan fingerprint density at radius 3 is 2.41 bits per heavy atom. The lowest BCUT2D eigenvalue weighted by atomic mass is 9.94. The molecule has 9 heteroatoms. The Morgan fingerprint density at radius 1 is 1.06 bits per heavy atom. The van der Waals surface area contributed by atoms with Crippen molar-refractivity contribution in [2.45, 2.75) is 81.7 Å². The van der Waals surface area contributed by atoms with Gasteiger partial charge in [-0.15, -0.1) is 0 Å². The molecule has 1 saturated heterocycles. The van der Waals surface area contributed by atoms with Crippen LogP contribution < -0.4 is 10.2 Å². The summed E-state index contributed by atoms with van der Waals surface area (Å²) in [6.45, 7) is 3.83. The van der Waals surface area contributed by atoms with E-state index in [9.17, 15) is 18.0 Å². The summed E-state index contributed by atoms with van der Waals surface area (Å²) in [6.07, 6.45) is 9.40. The van der Waals surface area contributed by atoms with Crippen LogP contribution in [0.3, 0.4) is 0 Å². The number of nitrogens with zero attached hydrogens (tertiary/aromatic N) is 3. The number of likely N-dealkylation sites (N-methyl/N-ethyl adjacent to an activating group) is 1. The SMILES string of the molecule is CC(=O)N1c2ccc(S(=O)(=O)N3CCCCC3)cc2CC1C(=O)NCCN(C)C1CCCCC1. The molecule has 1 unspecified atom stereocenters. The van der Waals surface area contributed by atoms with Crippen molar-refractivity contribution in [3.05, 3.63) is 23.8 Å². The van der Waals surface area contributed by atoms with Crippen LogP contribution in [0, 0.1) is 0 Å². The van der Waals surface area contributed by atoms with E-state index in [-0.39, 0.29) is 16.7 Å². The molecule has 0 bridgehead atoms. The van der Waals surface area contributed by atoms with Crippen LogP contribution >= 0.6 is 0 Å². The summed E-state index contributed by atoms with van der Waals surface area (Å²) < 4.78 is 27.8. The molecular weight excluding hydrogens is 452 g/mol. The van der Waals surface area contributed by atoms with Gasteiger partial charge in [0.1, 0.15) is 6.04 Å². The Bertz CT molecular complexity index is 1000. The van der Waals surface area contributed by atoms with E-state index in [0.29, 0.717) is 37.8 Å². The van der Waals surface area contributed by atoms with E-state index in [1.807, 2.05) is 0 Å². The van der Waals surface area contributed by atoms with Crippen molar-refractivity contribution >= 4 is 27.5 Å². The molecule has 1 aromatic carbocycles. The van der Waals surface area contributed by atoms with Gasteiger partial charge in [-0.25, -0.2) is 8.42 Å². The fraction of sp³-hybridized carbons (Fsp3) is 0.680. The van der Waals surface area contributed by atoms with Gasteiger partial charge in [0.25, 0.3) is 0 Å². The largest absolute Gasteiger partial charge is 0.353 e. The highest BCUT2D eigenvalue weighted by molar-refractivity contribution is 7.89. The molecule has 2 heterocycles. The highest BCUT2D eigenvalue weighted by Crippen LogP contribution is 2.35. The maximum absolute atomic E-state index is 13.1. The molecule has 8 nitrogen and oxygen atoms in total. The fourth-order valence-corrected chi connectivity index (χ4v) is 7.19. The van der Waals surface area contributed by atoms with E-state index in [0.717, 1.165) is 31.4 Å². The number of piperidine rings is 1. The first-order chi connectivity index (χ1) is 16.3. The van der Waals surface area contributed by atoms with Crippen LogP contribution in [0.25, 0.3) is 0 Å². The monoisotopic (exact) mass is 490 g/mol. The van der Waals surface area contributed by atoms with Crippen LogP contribution in [0.2, 0.25) is 0 Å². The van der Waals surface area contributed by atoms with E-state index in [1.54, 1.807) is 22.5 Å². The molecule has 188 valence electrons. The Balaban J connectivity index is 1.42. The molecule has 4 rings (SSSR count). The summed E-state index contributed by atoms with van der Waals surface area (Å²) in [6, 6.07) is 4.82. The third kappa shape index (κ3) is 5.31.